The van der Waals surface area contributed by atoms with Crippen molar-refractivity contribution in [3.63, 3.8) is 0 Å². The van der Waals surface area contributed by atoms with Crippen LogP contribution in [0.1, 0.15) is 46.0 Å². The summed E-state index contributed by atoms with van der Waals surface area (Å²) in [6.45, 7) is 6.60. The van der Waals surface area contributed by atoms with Crippen molar-refractivity contribution in [1.29, 1.82) is 0 Å². The average Bonchev–Trinajstić information content (AvgIpc) is 2.41. The predicted octanol–water partition coefficient (Wildman–Crippen LogP) is 1.78. The summed E-state index contributed by atoms with van der Waals surface area (Å²) in [5, 5.41) is 0. The Morgan fingerprint density at radius 3 is 2.89 bits per heavy atom. The van der Waals surface area contributed by atoms with Crippen LogP contribution in [0.3, 0.4) is 0 Å². The van der Waals surface area contributed by atoms with Gasteiger partial charge in [-0.1, -0.05) is 6.92 Å². The number of hydrogen-bond acceptors (Lipinski definition) is 3. The first-order valence-electron chi connectivity index (χ1n) is 7.77. The molecule has 4 unspecified atom stereocenters. The fourth-order valence-corrected chi connectivity index (χ4v) is 3.44. The van der Waals surface area contributed by atoms with Crippen LogP contribution >= 0.6 is 0 Å². The lowest BCUT2D eigenvalue weighted by Gasteiger charge is -2.38. The maximum Gasteiger partial charge on any atom is 0.226 e. The van der Waals surface area contributed by atoms with Gasteiger partial charge < -0.3 is 15.4 Å². The van der Waals surface area contributed by atoms with E-state index in [1.165, 1.54) is 0 Å². The molecule has 1 saturated heterocycles. The van der Waals surface area contributed by atoms with Crippen molar-refractivity contribution < 1.29 is 9.53 Å². The molecule has 0 radical (unpaired) electrons. The standard InChI is InChI=1S/C15H28N2O2/c1-3-19-13-5-4-8-17(10-13)15(18)14-9-12(16)7-6-11(14)2/h11-14H,3-10,16H2,1-2H3. The molecule has 1 heterocycles. The number of carbonyl (C=O) groups is 1. The average molecular weight is 268 g/mol. The Bertz CT molecular complexity index is 307. The fraction of sp³-hybridized carbons (Fsp3) is 0.933. The highest BCUT2D eigenvalue weighted by atomic mass is 16.5. The lowest BCUT2D eigenvalue weighted by molar-refractivity contribution is -0.142. The lowest BCUT2D eigenvalue weighted by Crippen LogP contribution is -2.49. The molecule has 1 aliphatic carbocycles. The second kappa shape index (κ2) is 6.71. The third-order valence-electron chi connectivity index (χ3n) is 4.65. The molecule has 4 atom stereocenters. The summed E-state index contributed by atoms with van der Waals surface area (Å²) in [5.74, 6) is 0.913. The molecule has 0 aromatic heterocycles. The van der Waals surface area contributed by atoms with Crippen molar-refractivity contribution in [3.8, 4) is 0 Å². The van der Waals surface area contributed by atoms with E-state index in [1.54, 1.807) is 0 Å². The molecule has 0 spiro atoms. The molecule has 110 valence electrons. The summed E-state index contributed by atoms with van der Waals surface area (Å²) < 4.78 is 5.68. The Balaban J connectivity index is 1.94. The third kappa shape index (κ3) is 3.69. The molecule has 2 fully saturated rings. The predicted molar refractivity (Wildman–Crippen MR) is 75.7 cm³/mol. The van der Waals surface area contributed by atoms with Crippen molar-refractivity contribution in [3.05, 3.63) is 0 Å². The molecule has 0 aromatic rings. The van der Waals surface area contributed by atoms with E-state index < -0.39 is 0 Å². The molecule has 0 aromatic carbocycles. The van der Waals surface area contributed by atoms with Gasteiger partial charge in [0.1, 0.15) is 0 Å². The van der Waals surface area contributed by atoms with E-state index in [4.69, 9.17) is 10.5 Å². The van der Waals surface area contributed by atoms with E-state index in [0.29, 0.717) is 11.8 Å². The van der Waals surface area contributed by atoms with Gasteiger partial charge in [-0.05, 0) is 44.9 Å². The summed E-state index contributed by atoms with van der Waals surface area (Å²) in [4.78, 5) is 14.7. The summed E-state index contributed by atoms with van der Waals surface area (Å²) in [6.07, 6.45) is 5.37. The van der Waals surface area contributed by atoms with Crippen LogP contribution in [0.25, 0.3) is 0 Å². The Kier molecular flexibility index (Phi) is 5.22. The first kappa shape index (κ1) is 14.8. The van der Waals surface area contributed by atoms with Crippen LogP contribution in [-0.2, 0) is 9.53 Å². The van der Waals surface area contributed by atoms with E-state index in [9.17, 15) is 4.79 Å². The fourth-order valence-electron chi connectivity index (χ4n) is 3.44. The van der Waals surface area contributed by atoms with E-state index in [2.05, 4.69) is 6.92 Å². The normalized spacial score (nSPS) is 36.3. The number of likely N-dealkylation sites (tertiary alicyclic amines) is 1. The number of nitrogens with two attached hydrogens (primary N) is 1. The maximum atomic E-state index is 12.7. The number of nitrogens with zero attached hydrogens (tertiary/aromatic N) is 1. The van der Waals surface area contributed by atoms with Crippen molar-refractivity contribution in [2.75, 3.05) is 19.7 Å². The molecule has 1 amide bonds. The molecule has 4 heteroatoms. The molecule has 2 aliphatic rings. The van der Waals surface area contributed by atoms with Crippen LogP contribution in [0.5, 0.6) is 0 Å². The van der Waals surface area contributed by atoms with Gasteiger partial charge in [0.05, 0.1) is 6.10 Å². The van der Waals surface area contributed by atoms with Gasteiger partial charge in [-0.2, -0.15) is 0 Å². The molecular formula is C15H28N2O2. The number of amides is 1. The first-order chi connectivity index (χ1) is 9.11. The van der Waals surface area contributed by atoms with Crippen LogP contribution in [-0.4, -0.2) is 42.6 Å². The van der Waals surface area contributed by atoms with Gasteiger partial charge in [0.2, 0.25) is 5.91 Å². The SMILES string of the molecule is CCOC1CCCN(C(=O)C2CC(N)CCC2C)C1. The van der Waals surface area contributed by atoms with Crippen molar-refractivity contribution in [1.82, 2.24) is 4.90 Å². The maximum absolute atomic E-state index is 12.7. The van der Waals surface area contributed by atoms with Gasteiger partial charge in [0.25, 0.3) is 0 Å². The molecular weight excluding hydrogens is 240 g/mol. The van der Waals surface area contributed by atoms with Crippen LogP contribution in [0.4, 0.5) is 0 Å². The Hall–Kier alpha value is -0.610. The number of rotatable bonds is 3. The van der Waals surface area contributed by atoms with Crippen molar-refractivity contribution in [2.24, 2.45) is 17.6 Å². The van der Waals surface area contributed by atoms with E-state index in [-0.39, 0.29) is 18.1 Å². The lowest BCUT2D eigenvalue weighted by atomic mass is 9.77. The molecule has 19 heavy (non-hydrogen) atoms. The van der Waals surface area contributed by atoms with Crippen LogP contribution in [0.2, 0.25) is 0 Å². The quantitative estimate of drug-likeness (QED) is 0.849. The molecule has 1 aliphatic heterocycles. The summed E-state index contributed by atoms with van der Waals surface area (Å²) >= 11 is 0. The minimum absolute atomic E-state index is 0.129. The van der Waals surface area contributed by atoms with Crippen molar-refractivity contribution in [2.45, 2.75) is 58.1 Å². The smallest absolute Gasteiger partial charge is 0.226 e. The Morgan fingerprint density at radius 1 is 1.37 bits per heavy atom. The van der Waals surface area contributed by atoms with E-state index in [0.717, 1.165) is 51.8 Å². The topological polar surface area (TPSA) is 55.6 Å². The van der Waals surface area contributed by atoms with Gasteiger partial charge in [0.15, 0.2) is 0 Å². The molecule has 4 nitrogen and oxygen atoms in total. The van der Waals surface area contributed by atoms with Crippen LogP contribution in [0.15, 0.2) is 0 Å². The van der Waals surface area contributed by atoms with Gasteiger partial charge in [-0.3, -0.25) is 4.79 Å². The van der Waals surface area contributed by atoms with E-state index in [1.807, 2.05) is 11.8 Å². The zero-order valence-corrected chi connectivity index (χ0v) is 12.3. The van der Waals surface area contributed by atoms with Crippen LogP contribution < -0.4 is 5.73 Å². The van der Waals surface area contributed by atoms with Gasteiger partial charge in [-0.15, -0.1) is 0 Å². The monoisotopic (exact) mass is 268 g/mol. The second-order valence-electron chi connectivity index (χ2n) is 6.16. The highest BCUT2D eigenvalue weighted by Gasteiger charge is 2.35. The Morgan fingerprint density at radius 2 is 2.16 bits per heavy atom. The summed E-state index contributed by atoms with van der Waals surface area (Å²) in [7, 11) is 0. The molecule has 2 N–H and O–H groups in total. The summed E-state index contributed by atoms with van der Waals surface area (Å²) in [5.41, 5.74) is 6.03. The van der Waals surface area contributed by atoms with Crippen molar-refractivity contribution >= 4 is 5.91 Å². The molecule has 0 bridgehead atoms. The van der Waals surface area contributed by atoms with E-state index >= 15 is 0 Å². The zero-order valence-electron chi connectivity index (χ0n) is 12.3. The Labute approximate surface area is 116 Å². The number of hydrogen-bond donors (Lipinski definition) is 1. The van der Waals surface area contributed by atoms with Crippen LogP contribution in [0, 0.1) is 11.8 Å². The highest BCUT2D eigenvalue weighted by Crippen LogP contribution is 2.31. The van der Waals surface area contributed by atoms with Gasteiger partial charge >= 0.3 is 0 Å². The number of piperidine rings is 1. The second-order valence-corrected chi connectivity index (χ2v) is 6.16. The summed E-state index contributed by atoms with van der Waals surface area (Å²) in [6, 6.07) is 0.206. The third-order valence-corrected chi connectivity index (χ3v) is 4.65. The van der Waals surface area contributed by atoms with Gasteiger partial charge in [0, 0.05) is 31.7 Å². The number of ether oxygens (including phenoxy) is 1. The minimum atomic E-state index is 0.129. The number of carbonyl (C=O) groups excluding carboxylic acids is 1. The highest BCUT2D eigenvalue weighted by molar-refractivity contribution is 5.79. The van der Waals surface area contributed by atoms with Gasteiger partial charge in [-0.25, -0.2) is 0 Å². The molecule has 2 rings (SSSR count). The first-order valence-corrected chi connectivity index (χ1v) is 7.77. The largest absolute Gasteiger partial charge is 0.377 e. The zero-order chi connectivity index (χ0) is 13.8. The minimum Gasteiger partial charge on any atom is -0.377 e. The molecule has 1 saturated carbocycles.